The van der Waals surface area contributed by atoms with Crippen molar-refractivity contribution in [2.24, 2.45) is 5.92 Å². The average molecular weight is 296 g/mol. The molecule has 1 N–H and O–H groups in total. The minimum Gasteiger partial charge on any atom is -0.367 e. The van der Waals surface area contributed by atoms with Crippen molar-refractivity contribution in [1.82, 2.24) is 10.2 Å². The van der Waals surface area contributed by atoms with Crippen LogP contribution >= 0.6 is 0 Å². The van der Waals surface area contributed by atoms with E-state index in [1.807, 2.05) is 0 Å². The van der Waals surface area contributed by atoms with Crippen molar-refractivity contribution in [3.63, 3.8) is 0 Å². The molecule has 3 unspecified atom stereocenters. The summed E-state index contributed by atoms with van der Waals surface area (Å²) in [6.07, 6.45) is 6.79. The van der Waals surface area contributed by atoms with Gasteiger partial charge in [0.15, 0.2) is 0 Å². The Labute approximate surface area is 131 Å². The zero-order valence-corrected chi connectivity index (χ0v) is 15.0. The lowest BCUT2D eigenvalue weighted by Crippen LogP contribution is -2.63. The molecule has 2 aliphatic rings. The molecule has 1 saturated carbocycles. The Morgan fingerprint density at radius 3 is 2.24 bits per heavy atom. The third kappa shape index (κ3) is 4.43. The van der Waals surface area contributed by atoms with E-state index in [0.29, 0.717) is 12.1 Å². The number of nitrogens with one attached hydrogen (secondary N) is 1. The van der Waals surface area contributed by atoms with E-state index in [-0.39, 0.29) is 11.2 Å². The van der Waals surface area contributed by atoms with Gasteiger partial charge in [-0.2, -0.15) is 0 Å². The first-order chi connectivity index (χ1) is 9.76. The van der Waals surface area contributed by atoms with Crippen LogP contribution in [0.4, 0.5) is 0 Å². The molecule has 2 fully saturated rings. The predicted molar refractivity (Wildman–Crippen MR) is 89.7 cm³/mol. The summed E-state index contributed by atoms with van der Waals surface area (Å²) in [5, 5.41) is 3.59. The summed E-state index contributed by atoms with van der Waals surface area (Å²) in [5.41, 5.74) is -0.0878. The van der Waals surface area contributed by atoms with E-state index >= 15 is 0 Å². The molecule has 1 aliphatic heterocycles. The molecule has 3 atom stereocenters. The molecule has 0 aromatic heterocycles. The molecular formula is C18H36N2O. The Morgan fingerprint density at radius 2 is 1.71 bits per heavy atom. The summed E-state index contributed by atoms with van der Waals surface area (Å²) in [6.45, 7) is 13.4. The molecule has 1 heterocycles. The molecular weight excluding hydrogens is 260 g/mol. The van der Waals surface area contributed by atoms with Gasteiger partial charge in [-0.1, -0.05) is 19.8 Å². The van der Waals surface area contributed by atoms with Crippen LogP contribution in [-0.2, 0) is 4.74 Å². The summed E-state index contributed by atoms with van der Waals surface area (Å²) >= 11 is 0. The largest absolute Gasteiger partial charge is 0.367 e. The first kappa shape index (κ1) is 17.2. The molecule has 21 heavy (non-hydrogen) atoms. The summed E-state index contributed by atoms with van der Waals surface area (Å²) in [6, 6.07) is 1.31. The van der Waals surface area contributed by atoms with Gasteiger partial charge >= 0.3 is 0 Å². The van der Waals surface area contributed by atoms with Crippen molar-refractivity contribution >= 4 is 0 Å². The molecule has 1 aliphatic carbocycles. The quantitative estimate of drug-likeness (QED) is 0.860. The smallest absolute Gasteiger partial charge is 0.0760 e. The number of nitrogens with zero attached hydrogens (tertiary/aromatic N) is 1. The van der Waals surface area contributed by atoms with Gasteiger partial charge in [-0.3, -0.25) is 4.90 Å². The molecule has 0 aromatic rings. The molecule has 0 amide bonds. The highest BCUT2D eigenvalue weighted by Crippen LogP contribution is 2.36. The predicted octanol–water partition coefficient (Wildman–Crippen LogP) is 3.43. The highest BCUT2D eigenvalue weighted by molar-refractivity contribution is 4.97. The lowest BCUT2D eigenvalue weighted by Gasteiger charge is -2.52. The van der Waals surface area contributed by atoms with Gasteiger partial charge in [-0.15, -0.1) is 0 Å². The summed E-state index contributed by atoms with van der Waals surface area (Å²) in [4.78, 5) is 2.71. The van der Waals surface area contributed by atoms with Crippen LogP contribution in [0, 0.1) is 5.92 Å². The number of ether oxygens (including phenoxy) is 1. The topological polar surface area (TPSA) is 24.5 Å². The van der Waals surface area contributed by atoms with Crippen LogP contribution < -0.4 is 5.32 Å². The number of rotatable bonds is 4. The van der Waals surface area contributed by atoms with Crippen molar-refractivity contribution in [3.8, 4) is 0 Å². The fourth-order valence-corrected chi connectivity index (χ4v) is 4.72. The zero-order valence-electron chi connectivity index (χ0n) is 15.0. The first-order valence-corrected chi connectivity index (χ1v) is 8.88. The molecule has 124 valence electrons. The van der Waals surface area contributed by atoms with E-state index in [1.54, 1.807) is 0 Å². The van der Waals surface area contributed by atoms with E-state index in [1.165, 1.54) is 32.1 Å². The van der Waals surface area contributed by atoms with Gasteiger partial charge in [0.05, 0.1) is 11.2 Å². The lowest BCUT2D eigenvalue weighted by molar-refractivity contribution is -0.192. The normalized spacial score (nSPS) is 36.6. The molecule has 3 heteroatoms. The van der Waals surface area contributed by atoms with Gasteiger partial charge in [-0.05, 0) is 59.9 Å². The van der Waals surface area contributed by atoms with E-state index in [2.05, 4.69) is 51.9 Å². The Kier molecular flexibility index (Phi) is 5.38. The summed E-state index contributed by atoms with van der Waals surface area (Å²) in [5.74, 6) is 0.915. The van der Waals surface area contributed by atoms with Gasteiger partial charge in [0, 0.05) is 25.2 Å². The van der Waals surface area contributed by atoms with Crippen molar-refractivity contribution in [2.45, 2.75) is 90.0 Å². The van der Waals surface area contributed by atoms with Crippen LogP contribution in [0.5, 0.6) is 0 Å². The van der Waals surface area contributed by atoms with Crippen LogP contribution in [0.2, 0.25) is 0 Å². The monoisotopic (exact) mass is 296 g/mol. The molecule has 3 nitrogen and oxygen atoms in total. The van der Waals surface area contributed by atoms with Crippen LogP contribution in [0.1, 0.15) is 66.7 Å². The molecule has 0 radical (unpaired) electrons. The summed E-state index contributed by atoms with van der Waals surface area (Å²) in [7, 11) is 2.13. The van der Waals surface area contributed by atoms with Gasteiger partial charge in [-0.25, -0.2) is 0 Å². The maximum absolute atomic E-state index is 6.26. The lowest BCUT2D eigenvalue weighted by atomic mass is 9.78. The zero-order chi connectivity index (χ0) is 15.7. The number of hydrogen-bond donors (Lipinski definition) is 1. The van der Waals surface area contributed by atoms with Crippen molar-refractivity contribution in [3.05, 3.63) is 0 Å². The van der Waals surface area contributed by atoms with Crippen molar-refractivity contribution < 1.29 is 4.74 Å². The first-order valence-electron chi connectivity index (χ1n) is 8.88. The summed E-state index contributed by atoms with van der Waals surface area (Å²) < 4.78 is 6.26. The van der Waals surface area contributed by atoms with Crippen LogP contribution in [0.25, 0.3) is 0 Å². The van der Waals surface area contributed by atoms with Crippen molar-refractivity contribution in [1.29, 1.82) is 0 Å². The Morgan fingerprint density at radius 1 is 1.10 bits per heavy atom. The third-order valence-electron chi connectivity index (χ3n) is 5.18. The maximum atomic E-state index is 6.26. The fraction of sp³-hybridized carbons (Fsp3) is 1.00. The van der Waals surface area contributed by atoms with Gasteiger partial charge < -0.3 is 10.1 Å². The average Bonchev–Trinajstić information content (AvgIpc) is 2.35. The van der Waals surface area contributed by atoms with E-state index in [9.17, 15) is 0 Å². The van der Waals surface area contributed by atoms with Crippen LogP contribution in [0.3, 0.4) is 0 Å². The second kappa shape index (κ2) is 6.55. The van der Waals surface area contributed by atoms with Crippen molar-refractivity contribution in [2.75, 3.05) is 20.1 Å². The van der Waals surface area contributed by atoms with Gasteiger partial charge in [0.2, 0.25) is 0 Å². The molecule has 0 spiro atoms. The molecule has 0 aromatic carbocycles. The van der Waals surface area contributed by atoms with Crippen LogP contribution in [0.15, 0.2) is 0 Å². The second-order valence-corrected chi connectivity index (χ2v) is 8.46. The highest BCUT2D eigenvalue weighted by Gasteiger charge is 2.43. The second-order valence-electron chi connectivity index (χ2n) is 8.46. The minimum absolute atomic E-state index is 0.0439. The van der Waals surface area contributed by atoms with E-state index in [0.717, 1.165) is 19.0 Å². The van der Waals surface area contributed by atoms with Gasteiger partial charge in [0.25, 0.3) is 0 Å². The Balaban J connectivity index is 2.11. The maximum Gasteiger partial charge on any atom is 0.0760 e. The van der Waals surface area contributed by atoms with Gasteiger partial charge in [0.1, 0.15) is 0 Å². The molecule has 1 saturated heterocycles. The number of hydrogen-bond acceptors (Lipinski definition) is 3. The van der Waals surface area contributed by atoms with Crippen LogP contribution in [-0.4, -0.2) is 48.3 Å². The fourth-order valence-electron chi connectivity index (χ4n) is 4.72. The third-order valence-corrected chi connectivity index (χ3v) is 5.18. The Bertz CT molecular complexity index is 324. The molecule has 2 rings (SSSR count). The number of morpholine rings is 1. The SMILES string of the molecule is CCCC1CCC(NC)C(N2CC(C)(C)OC(C)(C)C2)C1. The van der Waals surface area contributed by atoms with E-state index in [4.69, 9.17) is 4.74 Å². The Hall–Kier alpha value is -0.120. The minimum atomic E-state index is -0.0439. The highest BCUT2D eigenvalue weighted by atomic mass is 16.5. The number of likely N-dealkylation sites (N-methyl/N-ethyl adjacent to an activating group) is 1. The van der Waals surface area contributed by atoms with E-state index < -0.39 is 0 Å². The standard InChI is InChI=1S/C18H36N2O/c1-7-8-14-9-10-15(19-6)16(11-14)20-12-17(2,3)21-18(4,5)13-20/h14-16,19H,7-13H2,1-6H3. The molecule has 0 bridgehead atoms.